The highest BCUT2D eigenvalue weighted by atomic mass is 35.5. The summed E-state index contributed by atoms with van der Waals surface area (Å²) in [6.07, 6.45) is 3.58. The Balaban J connectivity index is 1.98. The molecule has 0 aliphatic heterocycles. The van der Waals surface area contributed by atoms with Crippen LogP contribution in [0.4, 0.5) is 0 Å². The lowest BCUT2D eigenvalue weighted by Crippen LogP contribution is -2.40. The van der Waals surface area contributed by atoms with Gasteiger partial charge in [0.15, 0.2) is 0 Å². The van der Waals surface area contributed by atoms with Gasteiger partial charge in [-0.05, 0) is 42.9 Å². The van der Waals surface area contributed by atoms with Gasteiger partial charge in [0.1, 0.15) is 0 Å². The first-order valence-electron chi connectivity index (χ1n) is 4.76. The van der Waals surface area contributed by atoms with Crippen LogP contribution in [0.5, 0.6) is 0 Å². The van der Waals surface area contributed by atoms with Crippen molar-refractivity contribution in [2.75, 3.05) is 0 Å². The molecular formula is C11H14ClN. The second-order valence-corrected chi connectivity index (χ2v) is 4.27. The summed E-state index contributed by atoms with van der Waals surface area (Å²) in [7, 11) is 0. The summed E-state index contributed by atoms with van der Waals surface area (Å²) in [5.74, 6) is 0.696. The maximum atomic E-state index is 5.87. The molecule has 1 aliphatic carbocycles. The molecule has 0 radical (unpaired) electrons. The van der Waals surface area contributed by atoms with Crippen LogP contribution >= 0.6 is 11.6 Å². The van der Waals surface area contributed by atoms with Gasteiger partial charge < -0.3 is 5.73 Å². The Kier molecular flexibility index (Phi) is 2.56. The molecule has 0 spiro atoms. The second-order valence-electron chi connectivity index (χ2n) is 3.83. The van der Waals surface area contributed by atoms with E-state index in [4.69, 9.17) is 17.3 Å². The summed E-state index contributed by atoms with van der Waals surface area (Å²) in [5.41, 5.74) is 7.23. The van der Waals surface area contributed by atoms with Crippen LogP contribution in [0, 0.1) is 5.92 Å². The molecular weight excluding hydrogens is 182 g/mol. The van der Waals surface area contributed by atoms with Gasteiger partial charge in [0.05, 0.1) is 0 Å². The summed E-state index contributed by atoms with van der Waals surface area (Å²) >= 11 is 5.80. The third kappa shape index (κ3) is 2.04. The van der Waals surface area contributed by atoms with Crippen molar-refractivity contribution in [3.8, 4) is 0 Å². The quantitative estimate of drug-likeness (QED) is 0.772. The molecule has 2 atom stereocenters. The normalized spacial score (nSPS) is 26.9. The Bertz CT molecular complexity index is 281. The molecule has 2 rings (SSSR count). The molecule has 0 aromatic heterocycles. The van der Waals surface area contributed by atoms with E-state index in [9.17, 15) is 0 Å². The molecule has 1 saturated carbocycles. The average molecular weight is 196 g/mol. The Morgan fingerprint density at radius 2 is 1.92 bits per heavy atom. The van der Waals surface area contributed by atoms with Crippen LogP contribution < -0.4 is 5.73 Å². The van der Waals surface area contributed by atoms with Gasteiger partial charge in [0.25, 0.3) is 0 Å². The summed E-state index contributed by atoms with van der Waals surface area (Å²) in [5, 5.41) is 0.807. The molecule has 0 amide bonds. The van der Waals surface area contributed by atoms with Gasteiger partial charge in [-0.3, -0.25) is 0 Å². The predicted octanol–water partition coefficient (Wildman–Crippen LogP) is 2.62. The van der Waals surface area contributed by atoms with Gasteiger partial charge >= 0.3 is 0 Å². The van der Waals surface area contributed by atoms with Crippen LogP contribution in [-0.4, -0.2) is 6.04 Å². The van der Waals surface area contributed by atoms with Crippen LogP contribution in [0.3, 0.4) is 0 Å². The number of halogens is 1. The molecule has 2 N–H and O–H groups in total. The molecule has 70 valence electrons. The topological polar surface area (TPSA) is 26.0 Å². The highest BCUT2D eigenvalue weighted by Crippen LogP contribution is 2.29. The largest absolute Gasteiger partial charge is 0.327 e. The van der Waals surface area contributed by atoms with E-state index in [0.29, 0.717) is 12.0 Å². The lowest BCUT2D eigenvalue weighted by molar-refractivity contribution is 0.256. The number of hydrogen-bond acceptors (Lipinski definition) is 1. The fraction of sp³-hybridized carbons (Fsp3) is 0.455. The molecule has 13 heavy (non-hydrogen) atoms. The van der Waals surface area contributed by atoms with Crippen molar-refractivity contribution >= 4 is 11.6 Å². The summed E-state index contributed by atoms with van der Waals surface area (Å²) in [6, 6.07) is 8.50. The zero-order valence-electron chi connectivity index (χ0n) is 7.54. The summed E-state index contributed by atoms with van der Waals surface area (Å²) in [4.78, 5) is 0. The lowest BCUT2D eigenvalue weighted by atomic mass is 9.76. The molecule has 1 nitrogen and oxygen atoms in total. The minimum atomic E-state index is 0.427. The van der Waals surface area contributed by atoms with E-state index in [-0.39, 0.29) is 0 Å². The number of rotatable bonds is 2. The van der Waals surface area contributed by atoms with E-state index < -0.39 is 0 Å². The van der Waals surface area contributed by atoms with Gasteiger partial charge in [-0.1, -0.05) is 23.7 Å². The monoisotopic (exact) mass is 195 g/mol. The number of hydrogen-bond donors (Lipinski definition) is 1. The third-order valence-electron chi connectivity index (χ3n) is 2.89. The number of benzene rings is 1. The van der Waals surface area contributed by atoms with Crippen molar-refractivity contribution in [3.63, 3.8) is 0 Å². The molecule has 1 aliphatic rings. The van der Waals surface area contributed by atoms with Crippen LogP contribution in [0.1, 0.15) is 18.4 Å². The Hall–Kier alpha value is -0.530. The predicted molar refractivity (Wildman–Crippen MR) is 55.9 cm³/mol. The van der Waals surface area contributed by atoms with E-state index >= 15 is 0 Å². The Labute approximate surface area is 83.9 Å². The van der Waals surface area contributed by atoms with E-state index in [2.05, 4.69) is 12.1 Å². The Morgan fingerprint density at radius 3 is 2.38 bits per heavy atom. The third-order valence-corrected chi connectivity index (χ3v) is 3.14. The van der Waals surface area contributed by atoms with Crippen molar-refractivity contribution in [2.45, 2.75) is 25.3 Å². The molecule has 0 heterocycles. The first-order valence-corrected chi connectivity index (χ1v) is 5.13. The van der Waals surface area contributed by atoms with E-state index in [1.807, 2.05) is 12.1 Å². The molecule has 1 fully saturated rings. The standard InChI is InChI=1S/C11H14ClN/c12-10-4-1-8(2-5-10)7-9-3-6-11(9)13/h1-2,4-5,9,11H,3,6-7,13H2. The van der Waals surface area contributed by atoms with Crippen molar-refractivity contribution in [1.82, 2.24) is 0 Å². The minimum Gasteiger partial charge on any atom is -0.327 e. The minimum absolute atomic E-state index is 0.427. The van der Waals surface area contributed by atoms with Crippen molar-refractivity contribution < 1.29 is 0 Å². The SMILES string of the molecule is NC1CCC1Cc1ccc(Cl)cc1. The fourth-order valence-electron chi connectivity index (χ4n) is 1.77. The van der Waals surface area contributed by atoms with Crippen LogP contribution in [0.25, 0.3) is 0 Å². The maximum Gasteiger partial charge on any atom is 0.0406 e. The van der Waals surface area contributed by atoms with Crippen molar-refractivity contribution in [3.05, 3.63) is 34.9 Å². The molecule has 2 unspecified atom stereocenters. The van der Waals surface area contributed by atoms with Crippen molar-refractivity contribution in [1.29, 1.82) is 0 Å². The van der Waals surface area contributed by atoms with E-state index in [1.165, 1.54) is 18.4 Å². The van der Waals surface area contributed by atoms with Gasteiger partial charge in [0.2, 0.25) is 0 Å². The molecule has 2 heteroatoms. The number of nitrogens with two attached hydrogens (primary N) is 1. The highest BCUT2D eigenvalue weighted by molar-refractivity contribution is 6.30. The smallest absolute Gasteiger partial charge is 0.0406 e. The van der Waals surface area contributed by atoms with Gasteiger partial charge in [0, 0.05) is 11.1 Å². The molecule has 0 bridgehead atoms. The van der Waals surface area contributed by atoms with Gasteiger partial charge in [-0.2, -0.15) is 0 Å². The van der Waals surface area contributed by atoms with Crippen LogP contribution in [-0.2, 0) is 6.42 Å². The first kappa shape index (κ1) is 9.04. The second kappa shape index (κ2) is 3.69. The van der Waals surface area contributed by atoms with Gasteiger partial charge in [-0.15, -0.1) is 0 Å². The van der Waals surface area contributed by atoms with E-state index in [1.54, 1.807) is 0 Å². The zero-order valence-corrected chi connectivity index (χ0v) is 8.30. The zero-order chi connectivity index (χ0) is 9.26. The molecule has 1 aromatic carbocycles. The first-order chi connectivity index (χ1) is 6.25. The van der Waals surface area contributed by atoms with Crippen LogP contribution in [0.15, 0.2) is 24.3 Å². The lowest BCUT2D eigenvalue weighted by Gasteiger charge is -2.33. The Morgan fingerprint density at radius 1 is 1.23 bits per heavy atom. The molecule has 0 saturated heterocycles. The summed E-state index contributed by atoms with van der Waals surface area (Å²) in [6.45, 7) is 0. The average Bonchev–Trinajstić information content (AvgIpc) is 2.15. The van der Waals surface area contributed by atoms with E-state index in [0.717, 1.165) is 11.4 Å². The fourth-order valence-corrected chi connectivity index (χ4v) is 1.90. The molecule has 1 aromatic rings. The highest BCUT2D eigenvalue weighted by Gasteiger charge is 2.26. The summed E-state index contributed by atoms with van der Waals surface area (Å²) < 4.78 is 0. The van der Waals surface area contributed by atoms with Crippen LogP contribution in [0.2, 0.25) is 5.02 Å². The maximum absolute atomic E-state index is 5.87. The van der Waals surface area contributed by atoms with Gasteiger partial charge in [-0.25, -0.2) is 0 Å². The van der Waals surface area contributed by atoms with Crippen molar-refractivity contribution in [2.24, 2.45) is 11.7 Å².